The Labute approximate surface area is 106 Å². The van der Waals surface area contributed by atoms with Crippen LogP contribution in [0.25, 0.3) is 0 Å². The average molecular weight is 251 g/mol. The van der Waals surface area contributed by atoms with Crippen molar-refractivity contribution in [1.82, 2.24) is 5.32 Å². The highest BCUT2D eigenvalue weighted by Crippen LogP contribution is 2.28. The minimum Gasteiger partial charge on any atom is -0.379 e. The summed E-state index contributed by atoms with van der Waals surface area (Å²) in [6, 6.07) is 4.44. The summed E-state index contributed by atoms with van der Waals surface area (Å²) >= 11 is 0. The van der Waals surface area contributed by atoms with Gasteiger partial charge in [0.1, 0.15) is 5.69 Å². The van der Waals surface area contributed by atoms with Gasteiger partial charge in [0.15, 0.2) is 0 Å². The number of nitro groups is 1. The van der Waals surface area contributed by atoms with E-state index in [1.54, 1.807) is 6.07 Å². The van der Waals surface area contributed by atoms with Crippen molar-refractivity contribution in [2.45, 2.75) is 26.8 Å². The number of anilines is 1. The van der Waals surface area contributed by atoms with E-state index >= 15 is 0 Å². The van der Waals surface area contributed by atoms with Crippen molar-refractivity contribution in [3.05, 3.63) is 33.9 Å². The Bertz CT molecular complexity index is 458. The van der Waals surface area contributed by atoms with Crippen LogP contribution in [0.5, 0.6) is 0 Å². The van der Waals surface area contributed by atoms with E-state index in [-0.39, 0.29) is 23.3 Å². The number of amides is 1. The van der Waals surface area contributed by atoms with E-state index in [0.29, 0.717) is 12.1 Å². The highest BCUT2D eigenvalue weighted by Gasteiger charge is 2.21. The fourth-order valence-corrected chi connectivity index (χ4v) is 1.58. The number of hydrogen-bond donors (Lipinski definition) is 2. The van der Waals surface area contributed by atoms with E-state index in [9.17, 15) is 14.9 Å². The molecule has 0 aliphatic rings. The molecular formula is C12H17N3O3. The third-order valence-electron chi connectivity index (χ3n) is 2.26. The Kier molecular flexibility index (Phi) is 4.65. The summed E-state index contributed by atoms with van der Waals surface area (Å²) in [4.78, 5) is 22.4. The van der Waals surface area contributed by atoms with Crippen LogP contribution in [0.15, 0.2) is 18.2 Å². The molecule has 1 aromatic carbocycles. The second-order valence-electron chi connectivity index (χ2n) is 4.12. The second-order valence-corrected chi connectivity index (χ2v) is 4.12. The van der Waals surface area contributed by atoms with Crippen LogP contribution in [0.4, 0.5) is 11.4 Å². The Balaban J connectivity index is 3.21. The minimum atomic E-state index is -0.496. The van der Waals surface area contributed by atoms with E-state index < -0.39 is 4.92 Å². The molecule has 0 heterocycles. The van der Waals surface area contributed by atoms with Gasteiger partial charge >= 0.3 is 0 Å². The first kappa shape index (κ1) is 14.0. The summed E-state index contributed by atoms with van der Waals surface area (Å²) in [6.07, 6.45) is 0. The van der Waals surface area contributed by atoms with Crippen molar-refractivity contribution >= 4 is 17.3 Å². The van der Waals surface area contributed by atoms with Crippen LogP contribution in [0.2, 0.25) is 0 Å². The molecule has 0 aromatic heterocycles. The SMILES string of the molecule is CCNc1c(C(=O)NC(C)C)cccc1[N+](=O)[O-]. The van der Waals surface area contributed by atoms with Crippen LogP contribution >= 0.6 is 0 Å². The summed E-state index contributed by atoms with van der Waals surface area (Å²) in [5.74, 6) is -0.315. The number of benzene rings is 1. The van der Waals surface area contributed by atoms with E-state index in [2.05, 4.69) is 10.6 Å². The fourth-order valence-electron chi connectivity index (χ4n) is 1.58. The zero-order valence-corrected chi connectivity index (χ0v) is 10.7. The zero-order valence-electron chi connectivity index (χ0n) is 10.7. The van der Waals surface area contributed by atoms with Crippen molar-refractivity contribution in [2.75, 3.05) is 11.9 Å². The van der Waals surface area contributed by atoms with Crippen molar-refractivity contribution < 1.29 is 9.72 Å². The summed E-state index contributed by atoms with van der Waals surface area (Å²) in [5, 5.41) is 16.5. The topological polar surface area (TPSA) is 84.3 Å². The smallest absolute Gasteiger partial charge is 0.293 e. The monoisotopic (exact) mass is 251 g/mol. The maximum Gasteiger partial charge on any atom is 0.293 e. The molecule has 0 radical (unpaired) electrons. The number of carbonyl (C=O) groups excluding carboxylic acids is 1. The Hall–Kier alpha value is -2.11. The molecule has 0 saturated carbocycles. The molecule has 0 aliphatic carbocycles. The number of carbonyl (C=O) groups is 1. The Morgan fingerprint density at radius 1 is 1.44 bits per heavy atom. The van der Waals surface area contributed by atoms with Crippen LogP contribution in [-0.4, -0.2) is 23.4 Å². The maximum atomic E-state index is 12.0. The molecular weight excluding hydrogens is 234 g/mol. The van der Waals surface area contributed by atoms with Gasteiger partial charge in [-0.05, 0) is 26.8 Å². The van der Waals surface area contributed by atoms with Gasteiger partial charge < -0.3 is 10.6 Å². The maximum absolute atomic E-state index is 12.0. The minimum absolute atomic E-state index is 0.0220. The summed E-state index contributed by atoms with van der Waals surface area (Å²) in [5.41, 5.74) is 0.469. The molecule has 2 N–H and O–H groups in total. The van der Waals surface area contributed by atoms with Crippen molar-refractivity contribution in [3.63, 3.8) is 0 Å². The lowest BCUT2D eigenvalue weighted by Crippen LogP contribution is -2.30. The van der Waals surface area contributed by atoms with Crippen molar-refractivity contribution in [1.29, 1.82) is 0 Å². The highest BCUT2D eigenvalue weighted by atomic mass is 16.6. The first-order valence-corrected chi connectivity index (χ1v) is 5.79. The summed E-state index contributed by atoms with van der Waals surface area (Å²) in [6.45, 7) is 6.00. The van der Waals surface area contributed by atoms with E-state index in [1.807, 2.05) is 20.8 Å². The van der Waals surface area contributed by atoms with Gasteiger partial charge in [-0.25, -0.2) is 0 Å². The summed E-state index contributed by atoms with van der Waals surface area (Å²) < 4.78 is 0. The standard InChI is InChI=1S/C12H17N3O3/c1-4-13-11-9(12(16)14-8(2)3)6-5-7-10(11)15(17)18/h5-8,13H,4H2,1-3H3,(H,14,16). The molecule has 1 rings (SSSR count). The molecule has 0 spiro atoms. The van der Waals surface area contributed by atoms with Gasteiger partial charge in [-0.15, -0.1) is 0 Å². The van der Waals surface area contributed by atoms with Gasteiger partial charge in [0.25, 0.3) is 11.6 Å². The third-order valence-corrected chi connectivity index (χ3v) is 2.26. The first-order valence-electron chi connectivity index (χ1n) is 5.79. The highest BCUT2D eigenvalue weighted by molar-refractivity contribution is 6.01. The Morgan fingerprint density at radius 3 is 2.61 bits per heavy atom. The number of nitrogens with one attached hydrogen (secondary N) is 2. The normalized spacial score (nSPS) is 10.2. The molecule has 6 nitrogen and oxygen atoms in total. The average Bonchev–Trinajstić information content (AvgIpc) is 2.28. The van der Waals surface area contributed by atoms with Gasteiger partial charge in [0.05, 0.1) is 10.5 Å². The predicted octanol–water partition coefficient (Wildman–Crippen LogP) is 2.16. The predicted molar refractivity (Wildman–Crippen MR) is 69.9 cm³/mol. The van der Waals surface area contributed by atoms with E-state index in [1.165, 1.54) is 12.1 Å². The zero-order chi connectivity index (χ0) is 13.7. The molecule has 0 aliphatic heterocycles. The lowest BCUT2D eigenvalue weighted by atomic mass is 10.1. The number of nitro benzene ring substituents is 1. The largest absolute Gasteiger partial charge is 0.379 e. The fraction of sp³-hybridized carbons (Fsp3) is 0.417. The number of nitrogens with zero attached hydrogens (tertiary/aromatic N) is 1. The molecule has 18 heavy (non-hydrogen) atoms. The van der Waals surface area contributed by atoms with Gasteiger partial charge in [0, 0.05) is 18.7 Å². The first-order chi connectivity index (χ1) is 8.47. The van der Waals surface area contributed by atoms with Crippen molar-refractivity contribution in [3.8, 4) is 0 Å². The third kappa shape index (κ3) is 3.19. The van der Waals surface area contributed by atoms with Crippen LogP contribution in [0.3, 0.4) is 0 Å². The van der Waals surface area contributed by atoms with Crippen molar-refractivity contribution in [2.24, 2.45) is 0 Å². The molecule has 0 saturated heterocycles. The lowest BCUT2D eigenvalue weighted by Gasteiger charge is -2.13. The van der Waals surface area contributed by atoms with E-state index in [4.69, 9.17) is 0 Å². The number of para-hydroxylation sites is 1. The lowest BCUT2D eigenvalue weighted by molar-refractivity contribution is -0.384. The van der Waals surface area contributed by atoms with Gasteiger partial charge in [-0.2, -0.15) is 0 Å². The van der Waals surface area contributed by atoms with Crippen LogP contribution in [0.1, 0.15) is 31.1 Å². The van der Waals surface area contributed by atoms with Crippen LogP contribution in [0, 0.1) is 10.1 Å². The molecule has 1 amide bonds. The molecule has 0 fully saturated rings. The molecule has 1 aromatic rings. The molecule has 6 heteroatoms. The molecule has 0 unspecified atom stereocenters. The summed E-state index contributed by atoms with van der Waals surface area (Å²) in [7, 11) is 0. The van der Waals surface area contributed by atoms with Crippen LogP contribution < -0.4 is 10.6 Å². The van der Waals surface area contributed by atoms with Gasteiger partial charge in [-0.1, -0.05) is 6.07 Å². The van der Waals surface area contributed by atoms with Gasteiger partial charge in [0.2, 0.25) is 0 Å². The van der Waals surface area contributed by atoms with E-state index in [0.717, 1.165) is 0 Å². The number of rotatable bonds is 5. The molecule has 0 atom stereocenters. The Morgan fingerprint density at radius 2 is 2.11 bits per heavy atom. The van der Waals surface area contributed by atoms with Crippen LogP contribution in [-0.2, 0) is 0 Å². The molecule has 0 bridgehead atoms. The van der Waals surface area contributed by atoms with Gasteiger partial charge in [-0.3, -0.25) is 14.9 Å². The number of hydrogen-bond acceptors (Lipinski definition) is 4. The second kappa shape index (κ2) is 6.00. The molecule has 98 valence electrons. The quantitative estimate of drug-likeness (QED) is 0.620.